The molecular weight excluding hydrogens is 222 g/mol. The van der Waals surface area contributed by atoms with Crippen LogP contribution in [0.2, 0.25) is 0 Å². The van der Waals surface area contributed by atoms with Crippen LogP contribution >= 0.6 is 0 Å². The van der Waals surface area contributed by atoms with Gasteiger partial charge in [0.15, 0.2) is 0 Å². The fourth-order valence-electron chi connectivity index (χ4n) is 2.81. The van der Waals surface area contributed by atoms with Crippen molar-refractivity contribution >= 4 is 0 Å². The summed E-state index contributed by atoms with van der Waals surface area (Å²) >= 11 is 0. The Morgan fingerprint density at radius 1 is 0.944 bits per heavy atom. The monoisotopic (exact) mass is 245 g/mol. The van der Waals surface area contributed by atoms with Crippen LogP contribution in [0.25, 0.3) is 0 Å². The lowest BCUT2D eigenvalue weighted by Crippen LogP contribution is -2.53. The molecule has 2 saturated heterocycles. The molecule has 3 nitrogen and oxygen atoms in total. The lowest BCUT2D eigenvalue weighted by atomic mass is 10.0. The summed E-state index contributed by atoms with van der Waals surface area (Å²) in [4.78, 5) is 5.21. The van der Waals surface area contributed by atoms with Crippen LogP contribution in [0.15, 0.2) is 30.3 Å². The van der Waals surface area contributed by atoms with Crippen molar-refractivity contribution in [3.8, 4) is 0 Å². The van der Waals surface area contributed by atoms with Crippen molar-refractivity contribution < 1.29 is 0 Å². The van der Waals surface area contributed by atoms with Gasteiger partial charge < -0.3 is 10.2 Å². The van der Waals surface area contributed by atoms with Crippen molar-refractivity contribution in [1.29, 1.82) is 0 Å². The molecule has 0 aromatic heterocycles. The van der Waals surface area contributed by atoms with E-state index in [1.807, 2.05) is 0 Å². The molecule has 2 aliphatic rings. The second-order valence-electron chi connectivity index (χ2n) is 5.59. The first-order valence-electron chi connectivity index (χ1n) is 7.09. The minimum Gasteiger partial charge on any atom is -0.316 e. The molecule has 0 amide bonds. The van der Waals surface area contributed by atoms with Crippen molar-refractivity contribution in [1.82, 2.24) is 15.1 Å². The Labute approximate surface area is 110 Å². The van der Waals surface area contributed by atoms with Crippen LogP contribution in [-0.4, -0.2) is 55.6 Å². The number of nitrogens with zero attached hydrogens (tertiary/aromatic N) is 2. The quantitative estimate of drug-likeness (QED) is 0.854. The van der Waals surface area contributed by atoms with E-state index in [1.165, 1.54) is 51.4 Å². The highest BCUT2D eigenvalue weighted by atomic mass is 15.3. The van der Waals surface area contributed by atoms with E-state index in [1.54, 1.807) is 0 Å². The van der Waals surface area contributed by atoms with E-state index in [-0.39, 0.29) is 0 Å². The number of piperazine rings is 1. The van der Waals surface area contributed by atoms with E-state index in [0.29, 0.717) is 0 Å². The van der Waals surface area contributed by atoms with Crippen molar-refractivity contribution in [3.63, 3.8) is 0 Å². The molecule has 1 aromatic carbocycles. The van der Waals surface area contributed by atoms with E-state index < -0.39 is 0 Å². The molecular formula is C15H23N3. The fourth-order valence-corrected chi connectivity index (χ4v) is 2.81. The molecule has 0 bridgehead atoms. The van der Waals surface area contributed by atoms with Crippen LogP contribution < -0.4 is 5.32 Å². The maximum atomic E-state index is 3.36. The maximum absolute atomic E-state index is 3.36. The highest BCUT2D eigenvalue weighted by molar-refractivity contribution is 5.14. The van der Waals surface area contributed by atoms with Crippen LogP contribution in [0.5, 0.6) is 0 Å². The summed E-state index contributed by atoms with van der Waals surface area (Å²) in [7, 11) is 0. The second-order valence-corrected chi connectivity index (χ2v) is 5.59. The van der Waals surface area contributed by atoms with Gasteiger partial charge in [-0.05, 0) is 11.5 Å². The van der Waals surface area contributed by atoms with E-state index in [9.17, 15) is 0 Å². The van der Waals surface area contributed by atoms with Crippen LogP contribution in [0.3, 0.4) is 0 Å². The lowest BCUT2D eigenvalue weighted by Gasteiger charge is -2.38. The number of rotatable bonds is 4. The molecule has 2 fully saturated rings. The molecule has 1 aromatic rings. The molecule has 98 valence electrons. The number of hydrogen-bond acceptors (Lipinski definition) is 3. The van der Waals surface area contributed by atoms with Gasteiger partial charge in [0, 0.05) is 52.4 Å². The number of hydrogen-bond donors (Lipinski definition) is 1. The molecule has 0 atom stereocenters. The standard InChI is InChI=1S/C15H23N3/c1-2-4-14(5-3-1)12-17-6-8-18(9-7-17)13-15-10-16-11-15/h1-5,15-16H,6-13H2. The maximum Gasteiger partial charge on any atom is 0.0234 e. The van der Waals surface area contributed by atoms with Gasteiger partial charge in [-0.25, -0.2) is 0 Å². The molecule has 0 radical (unpaired) electrons. The average Bonchev–Trinajstić information content (AvgIpc) is 2.37. The molecule has 18 heavy (non-hydrogen) atoms. The zero-order valence-corrected chi connectivity index (χ0v) is 11.0. The van der Waals surface area contributed by atoms with Gasteiger partial charge in [0.2, 0.25) is 0 Å². The largest absolute Gasteiger partial charge is 0.316 e. The zero-order chi connectivity index (χ0) is 12.2. The topological polar surface area (TPSA) is 18.5 Å². The smallest absolute Gasteiger partial charge is 0.0234 e. The predicted molar refractivity (Wildman–Crippen MR) is 74.5 cm³/mol. The minimum absolute atomic E-state index is 0.908. The van der Waals surface area contributed by atoms with Gasteiger partial charge >= 0.3 is 0 Å². The van der Waals surface area contributed by atoms with E-state index in [4.69, 9.17) is 0 Å². The fraction of sp³-hybridized carbons (Fsp3) is 0.600. The third-order valence-corrected chi connectivity index (χ3v) is 4.10. The van der Waals surface area contributed by atoms with Gasteiger partial charge in [0.25, 0.3) is 0 Å². The zero-order valence-electron chi connectivity index (χ0n) is 11.0. The Morgan fingerprint density at radius 2 is 1.61 bits per heavy atom. The Morgan fingerprint density at radius 3 is 2.22 bits per heavy atom. The predicted octanol–water partition coefficient (Wildman–Crippen LogP) is 1.02. The SMILES string of the molecule is c1ccc(CN2CCN(CC3CNC3)CC2)cc1. The highest BCUT2D eigenvalue weighted by Gasteiger charge is 2.23. The molecule has 0 spiro atoms. The first-order valence-corrected chi connectivity index (χ1v) is 7.09. The van der Waals surface area contributed by atoms with Crippen molar-refractivity contribution in [2.75, 3.05) is 45.8 Å². The number of nitrogens with one attached hydrogen (secondary N) is 1. The average molecular weight is 245 g/mol. The van der Waals surface area contributed by atoms with Crippen LogP contribution in [0.1, 0.15) is 5.56 Å². The molecule has 3 rings (SSSR count). The van der Waals surface area contributed by atoms with Crippen LogP contribution in [0.4, 0.5) is 0 Å². The molecule has 2 aliphatic heterocycles. The van der Waals surface area contributed by atoms with Crippen LogP contribution in [0, 0.1) is 5.92 Å². The van der Waals surface area contributed by atoms with Gasteiger partial charge in [-0.1, -0.05) is 30.3 Å². The van der Waals surface area contributed by atoms with Crippen molar-refractivity contribution in [3.05, 3.63) is 35.9 Å². The molecule has 1 N–H and O–H groups in total. The third kappa shape index (κ3) is 3.10. The summed E-state index contributed by atoms with van der Waals surface area (Å²) in [5.74, 6) is 0.908. The first kappa shape index (κ1) is 12.2. The Hall–Kier alpha value is -0.900. The first-order chi connectivity index (χ1) is 8.90. The van der Waals surface area contributed by atoms with Gasteiger partial charge in [-0.2, -0.15) is 0 Å². The van der Waals surface area contributed by atoms with Gasteiger partial charge in [-0.15, -0.1) is 0 Å². The molecule has 2 heterocycles. The summed E-state index contributed by atoms with van der Waals surface area (Å²) in [6.45, 7) is 9.77. The third-order valence-electron chi connectivity index (χ3n) is 4.10. The summed E-state index contributed by atoms with van der Waals surface area (Å²) < 4.78 is 0. The summed E-state index contributed by atoms with van der Waals surface area (Å²) in [5.41, 5.74) is 1.44. The Balaban J connectivity index is 1.42. The number of benzene rings is 1. The Kier molecular flexibility index (Phi) is 3.93. The molecule has 0 saturated carbocycles. The van der Waals surface area contributed by atoms with Gasteiger partial charge in [0.1, 0.15) is 0 Å². The molecule has 0 unspecified atom stereocenters. The lowest BCUT2D eigenvalue weighted by molar-refractivity contribution is 0.102. The molecule has 0 aliphatic carbocycles. The van der Waals surface area contributed by atoms with E-state index in [0.717, 1.165) is 12.5 Å². The minimum atomic E-state index is 0.908. The molecule has 3 heteroatoms. The van der Waals surface area contributed by atoms with Crippen LogP contribution in [-0.2, 0) is 6.54 Å². The van der Waals surface area contributed by atoms with E-state index in [2.05, 4.69) is 45.4 Å². The highest BCUT2D eigenvalue weighted by Crippen LogP contribution is 2.11. The van der Waals surface area contributed by atoms with Crippen molar-refractivity contribution in [2.24, 2.45) is 5.92 Å². The second kappa shape index (κ2) is 5.83. The summed E-state index contributed by atoms with van der Waals surface area (Å²) in [6.07, 6.45) is 0. The normalized spacial score (nSPS) is 22.9. The van der Waals surface area contributed by atoms with Gasteiger partial charge in [0.05, 0.1) is 0 Å². The van der Waals surface area contributed by atoms with E-state index >= 15 is 0 Å². The van der Waals surface area contributed by atoms with Crippen molar-refractivity contribution in [2.45, 2.75) is 6.54 Å². The Bertz CT molecular complexity index is 353. The summed E-state index contributed by atoms with van der Waals surface area (Å²) in [6, 6.07) is 10.8. The van der Waals surface area contributed by atoms with Gasteiger partial charge in [-0.3, -0.25) is 4.90 Å². The summed E-state index contributed by atoms with van der Waals surface area (Å²) in [5, 5.41) is 3.36.